The lowest BCUT2D eigenvalue weighted by Crippen LogP contribution is -2.31. The monoisotopic (exact) mass is 284 g/mol. The average Bonchev–Trinajstić information content (AvgIpc) is 2.52. The molecule has 3 rings (SSSR count). The molecule has 0 amide bonds. The first-order valence-electron chi connectivity index (χ1n) is 7.59. The molecule has 0 bridgehead atoms. The highest BCUT2D eigenvalue weighted by atomic mass is 19.1. The van der Waals surface area contributed by atoms with Crippen LogP contribution >= 0.6 is 0 Å². The van der Waals surface area contributed by atoms with Crippen LogP contribution in [-0.4, -0.2) is 13.1 Å². The van der Waals surface area contributed by atoms with Crippen LogP contribution in [0, 0.1) is 5.82 Å². The number of anilines is 1. The van der Waals surface area contributed by atoms with Crippen molar-refractivity contribution in [1.29, 1.82) is 0 Å². The Kier molecular flexibility index (Phi) is 4.20. The minimum atomic E-state index is -0.121. The van der Waals surface area contributed by atoms with E-state index in [1.54, 1.807) is 6.07 Å². The maximum atomic E-state index is 14.4. The second kappa shape index (κ2) is 6.27. The predicted octanol–water partition coefficient (Wildman–Crippen LogP) is 3.50. The van der Waals surface area contributed by atoms with E-state index in [4.69, 9.17) is 0 Å². The molecule has 0 unspecified atom stereocenters. The summed E-state index contributed by atoms with van der Waals surface area (Å²) >= 11 is 0. The van der Waals surface area contributed by atoms with Crippen LogP contribution in [0.15, 0.2) is 42.5 Å². The molecule has 2 aromatic carbocycles. The van der Waals surface area contributed by atoms with E-state index in [-0.39, 0.29) is 5.82 Å². The van der Waals surface area contributed by atoms with E-state index in [9.17, 15) is 4.39 Å². The van der Waals surface area contributed by atoms with Crippen molar-refractivity contribution in [2.45, 2.75) is 26.4 Å². The summed E-state index contributed by atoms with van der Waals surface area (Å²) in [5, 5.41) is 3.22. The first kappa shape index (κ1) is 14.1. The van der Waals surface area contributed by atoms with Crippen LogP contribution in [0.25, 0.3) is 0 Å². The highest BCUT2D eigenvalue weighted by Gasteiger charge is 2.18. The first-order valence-corrected chi connectivity index (χ1v) is 7.59. The quantitative estimate of drug-likeness (QED) is 0.924. The third kappa shape index (κ3) is 3.08. The molecule has 21 heavy (non-hydrogen) atoms. The van der Waals surface area contributed by atoms with Crippen LogP contribution in [0.3, 0.4) is 0 Å². The van der Waals surface area contributed by atoms with Crippen molar-refractivity contribution in [1.82, 2.24) is 5.32 Å². The summed E-state index contributed by atoms with van der Waals surface area (Å²) in [5.41, 5.74) is 4.40. The third-order valence-electron chi connectivity index (χ3n) is 4.06. The SMILES string of the molecule is CCNCc1ccc(N2CCc3ccccc3C2)c(F)c1. The number of nitrogens with zero attached hydrogens (tertiary/aromatic N) is 1. The Morgan fingerprint density at radius 3 is 2.71 bits per heavy atom. The average molecular weight is 284 g/mol. The number of benzene rings is 2. The van der Waals surface area contributed by atoms with Gasteiger partial charge in [0, 0.05) is 19.6 Å². The van der Waals surface area contributed by atoms with Crippen LogP contribution in [0.2, 0.25) is 0 Å². The Morgan fingerprint density at radius 2 is 1.95 bits per heavy atom. The lowest BCUT2D eigenvalue weighted by Gasteiger charge is -2.31. The topological polar surface area (TPSA) is 15.3 Å². The Balaban J connectivity index is 1.79. The summed E-state index contributed by atoms with van der Waals surface area (Å²) in [6.45, 7) is 5.33. The lowest BCUT2D eigenvalue weighted by atomic mass is 9.99. The predicted molar refractivity (Wildman–Crippen MR) is 85.0 cm³/mol. The van der Waals surface area contributed by atoms with Gasteiger partial charge in [-0.1, -0.05) is 37.3 Å². The molecule has 110 valence electrons. The van der Waals surface area contributed by atoms with E-state index >= 15 is 0 Å². The molecule has 2 nitrogen and oxygen atoms in total. The van der Waals surface area contributed by atoms with Gasteiger partial charge in [-0.3, -0.25) is 0 Å². The molecule has 0 radical (unpaired) electrons. The fourth-order valence-corrected chi connectivity index (χ4v) is 2.89. The molecule has 1 aliphatic rings. The zero-order valence-corrected chi connectivity index (χ0v) is 12.4. The molecule has 0 spiro atoms. The van der Waals surface area contributed by atoms with Crippen molar-refractivity contribution < 1.29 is 4.39 Å². The van der Waals surface area contributed by atoms with Gasteiger partial charge in [-0.25, -0.2) is 4.39 Å². The summed E-state index contributed by atoms with van der Waals surface area (Å²) in [4.78, 5) is 2.13. The molecule has 2 aromatic rings. The van der Waals surface area contributed by atoms with Gasteiger partial charge in [-0.15, -0.1) is 0 Å². The molecule has 1 heterocycles. The zero-order chi connectivity index (χ0) is 14.7. The number of hydrogen-bond acceptors (Lipinski definition) is 2. The van der Waals surface area contributed by atoms with Crippen LogP contribution in [-0.2, 0) is 19.5 Å². The van der Waals surface area contributed by atoms with Gasteiger partial charge in [0.25, 0.3) is 0 Å². The second-order valence-corrected chi connectivity index (χ2v) is 5.51. The summed E-state index contributed by atoms with van der Waals surface area (Å²) < 4.78 is 14.4. The minimum Gasteiger partial charge on any atom is -0.364 e. The molecule has 1 aliphatic heterocycles. The Labute approximate surface area is 125 Å². The van der Waals surface area contributed by atoms with E-state index in [2.05, 4.69) is 41.4 Å². The molecule has 0 saturated carbocycles. The van der Waals surface area contributed by atoms with Crippen LogP contribution in [0.5, 0.6) is 0 Å². The van der Waals surface area contributed by atoms with Crippen LogP contribution in [0.1, 0.15) is 23.6 Å². The fraction of sp³-hybridized carbons (Fsp3) is 0.333. The van der Waals surface area contributed by atoms with Crippen LogP contribution < -0.4 is 10.2 Å². The molecule has 0 fully saturated rings. The maximum Gasteiger partial charge on any atom is 0.146 e. The second-order valence-electron chi connectivity index (χ2n) is 5.51. The molecule has 0 aliphatic carbocycles. The summed E-state index contributed by atoms with van der Waals surface area (Å²) in [6.07, 6.45) is 0.981. The molecule has 0 saturated heterocycles. The molecule has 0 atom stereocenters. The van der Waals surface area contributed by atoms with Gasteiger partial charge in [-0.2, -0.15) is 0 Å². The van der Waals surface area contributed by atoms with E-state index < -0.39 is 0 Å². The first-order chi connectivity index (χ1) is 10.3. The van der Waals surface area contributed by atoms with E-state index in [1.807, 2.05) is 12.1 Å². The Hall–Kier alpha value is -1.87. The van der Waals surface area contributed by atoms with Crippen molar-refractivity contribution in [3.05, 3.63) is 65.0 Å². The van der Waals surface area contributed by atoms with Crippen molar-refractivity contribution in [3.63, 3.8) is 0 Å². The number of rotatable bonds is 4. The van der Waals surface area contributed by atoms with Crippen molar-refractivity contribution >= 4 is 5.69 Å². The van der Waals surface area contributed by atoms with E-state index in [0.717, 1.165) is 38.2 Å². The number of fused-ring (bicyclic) bond motifs is 1. The molecule has 3 heteroatoms. The fourth-order valence-electron chi connectivity index (χ4n) is 2.89. The van der Waals surface area contributed by atoms with Crippen molar-refractivity contribution in [3.8, 4) is 0 Å². The summed E-state index contributed by atoms with van der Waals surface area (Å²) in [7, 11) is 0. The maximum absolute atomic E-state index is 14.4. The smallest absolute Gasteiger partial charge is 0.146 e. The molecule has 0 aromatic heterocycles. The normalized spacial score (nSPS) is 14.1. The minimum absolute atomic E-state index is 0.121. The zero-order valence-electron chi connectivity index (χ0n) is 12.4. The van der Waals surface area contributed by atoms with Gasteiger partial charge < -0.3 is 10.2 Å². The molecule has 1 N–H and O–H groups in total. The standard InChI is InChI=1S/C18H21FN2/c1-2-20-12-14-7-8-18(17(19)11-14)21-10-9-15-5-3-4-6-16(15)13-21/h3-8,11,20H,2,9-10,12-13H2,1H3. The number of halogens is 1. The summed E-state index contributed by atoms with van der Waals surface area (Å²) in [5.74, 6) is -0.121. The lowest BCUT2D eigenvalue weighted by molar-refractivity contribution is 0.605. The number of nitrogens with one attached hydrogen (secondary N) is 1. The van der Waals surface area contributed by atoms with Gasteiger partial charge in [-0.05, 0) is 41.8 Å². The highest BCUT2D eigenvalue weighted by molar-refractivity contribution is 5.51. The molecular formula is C18H21FN2. The Morgan fingerprint density at radius 1 is 1.14 bits per heavy atom. The third-order valence-corrected chi connectivity index (χ3v) is 4.06. The number of hydrogen-bond donors (Lipinski definition) is 1. The van der Waals surface area contributed by atoms with Gasteiger partial charge in [0.15, 0.2) is 0 Å². The van der Waals surface area contributed by atoms with Crippen LogP contribution in [0.4, 0.5) is 10.1 Å². The molecular weight excluding hydrogens is 263 g/mol. The highest BCUT2D eigenvalue weighted by Crippen LogP contribution is 2.27. The van der Waals surface area contributed by atoms with Gasteiger partial charge in [0.1, 0.15) is 5.82 Å². The van der Waals surface area contributed by atoms with E-state index in [1.165, 1.54) is 11.1 Å². The summed E-state index contributed by atoms with van der Waals surface area (Å²) in [6, 6.07) is 14.0. The largest absolute Gasteiger partial charge is 0.364 e. The van der Waals surface area contributed by atoms with Gasteiger partial charge >= 0.3 is 0 Å². The van der Waals surface area contributed by atoms with Crippen molar-refractivity contribution in [2.24, 2.45) is 0 Å². The van der Waals surface area contributed by atoms with Crippen molar-refractivity contribution in [2.75, 3.05) is 18.0 Å². The van der Waals surface area contributed by atoms with E-state index in [0.29, 0.717) is 5.69 Å². The van der Waals surface area contributed by atoms with Gasteiger partial charge in [0.2, 0.25) is 0 Å². The van der Waals surface area contributed by atoms with Gasteiger partial charge in [0.05, 0.1) is 5.69 Å². The Bertz CT molecular complexity index is 624.